The Hall–Kier alpha value is -0.610. The number of aliphatic hydroxyl groups is 1. The summed E-state index contributed by atoms with van der Waals surface area (Å²) in [5.41, 5.74) is -0.578. The van der Waals surface area contributed by atoms with Gasteiger partial charge in [0.05, 0.1) is 20.6 Å². The second-order valence-electron chi connectivity index (χ2n) is 10.9. The van der Waals surface area contributed by atoms with E-state index in [0.29, 0.717) is 6.42 Å². The maximum atomic E-state index is 11.1. The van der Waals surface area contributed by atoms with Crippen LogP contribution in [0.2, 0.25) is 0 Å². The molecule has 1 unspecified atom stereocenters. The van der Waals surface area contributed by atoms with Gasteiger partial charge in [0.2, 0.25) is 0 Å². The van der Waals surface area contributed by atoms with E-state index in [1.54, 1.807) is 0 Å². The number of unbranched alkanes of at least 4 members (excludes halogenated alkanes) is 15. The van der Waals surface area contributed by atoms with Crippen LogP contribution in [0.3, 0.4) is 0 Å². The van der Waals surface area contributed by atoms with Gasteiger partial charge in [-0.2, -0.15) is 0 Å². The van der Waals surface area contributed by atoms with Crippen molar-refractivity contribution in [2.75, 3.05) is 27.2 Å². The van der Waals surface area contributed by atoms with Gasteiger partial charge in [-0.05, 0) is 38.5 Å². The maximum Gasteiger partial charge on any atom is 0.113 e. The molecule has 4 heteroatoms. The van der Waals surface area contributed by atoms with Crippen molar-refractivity contribution in [3.05, 3.63) is 0 Å². The maximum absolute atomic E-state index is 11.1. The molecule has 0 aliphatic rings. The first-order chi connectivity index (χ1) is 15.2. The van der Waals surface area contributed by atoms with E-state index in [9.17, 15) is 15.0 Å². The van der Waals surface area contributed by atoms with Crippen molar-refractivity contribution in [2.45, 2.75) is 148 Å². The summed E-state index contributed by atoms with van der Waals surface area (Å²) < 4.78 is 0.800. The van der Waals surface area contributed by atoms with Crippen LogP contribution in [0, 0.1) is 0 Å². The molecular weight excluding hydrogens is 398 g/mol. The van der Waals surface area contributed by atoms with Crippen LogP contribution in [-0.4, -0.2) is 48.3 Å². The van der Waals surface area contributed by atoms with Gasteiger partial charge in [0.25, 0.3) is 0 Å². The molecule has 0 radical (unpaired) electrons. The molecule has 0 amide bonds. The number of aliphatic carboxylic acids is 1. The fraction of sp³-hybridized carbons (Fsp3) is 0.964. The van der Waals surface area contributed by atoms with E-state index in [2.05, 4.69) is 27.9 Å². The molecule has 0 aromatic heterocycles. The highest BCUT2D eigenvalue weighted by Gasteiger charge is 2.32. The second-order valence-corrected chi connectivity index (χ2v) is 10.9. The summed E-state index contributed by atoms with van der Waals surface area (Å²) in [4.78, 5) is 10.5. The number of rotatable bonds is 24. The monoisotopic (exact) mass is 455 g/mol. The Morgan fingerprint density at radius 1 is 0.719 bits per heavy atom. The molecule has 192 valence electrons. The van der Waals surface area contributed by atoms with Crippen molar-refractivity contribution in [1.29, 1.82) is 0 Å². The number of carbonyl (C=O) groups excluding carboxylic acids is 1. The Bertz CT molecular complexity index is 438. The molecule has 32 heavy (non-hydrogen) atoms. The minimum Gasteiger partial charge on any atom is -0.550 e. The molecule has 0 bridgehead atoms. The summed E-state index contributed by atoms with van der Waals surface area (Å²) in [6.07, 6.45) is 23.5. The number of carboxylic acids is 1. The van der Waals surface area contributed by atoms with Gasteiger partial charge in [0, 0.05) is 5.97 Å². The first-order valence-electron chi connectivity index (χ1n) is 14.0. The molecule has 1 N–H and O–H groups in total. The quantitative estimate of drug-likeness (QED) is 0.136. The van der Waals surface area contributed by atoms with Crippen LogP contribution in [0.15, 0.2) is 0 Å². The van der Waals surface area contributed by atoms with Crippen LogP contribution in [0.25, 0.3) is 0 Å². The molecule has 0 aliphatic heterocycles. The molecule has 4 nitrogen and oxygen atoms in total. The molecule has 0 fully saturated rings. The van der Waals surface area contributed by atoms with E-state index in [4.69, 9.17) is 0 Å². The smallest absolute Gasteiger partial charge is 0.113 e. The largest absolute Gasteiger partial charge is 0.550 e. The van der Waals surface area contributed by atoms with E-state index in [1.807, 2.05) is 0 Å². The molecule has 0 aromatic carbocycles. The number of likely N-dealkylation sites (N-methyl/N-ethyl adjacent to an activating group) is 1. The first-order valence-corrected chi connectivity index (χ1v) is 14.0. The van der Waals surface area contributed by atoms with Crippen molar-refractivity contribution in [3.63, 3.8) is 0 Å². The standard InChI is InChI=1S/C28H57NO3/c1-5-7-8-9-10-11-12-13-14-15-16-17-18-21-24-28(32,6-2)26-29(3,4)25-22-19-20-23-27(30)31/h32H,5-26H2,1-4H3. The minimum atomic E-state index is -0.952. The number of hydrogen-bond donors (Lipinski definition) is 1. The van der Waals surface area contributed by atoms with Crippen molar-refractivity contribution in [2.24, 2.45) is 0 Å². The van der Waals surface area contributed by atoms with Gasteiger partial charge in [0.15, 0.2) is 0 Å². The van der Waals surface area contributed by atoms with Crippen molar-refractivity contribution >= 4 is 5.97 Å². The summed E-state index contributed by atoms with van der Waals surface area (Å²) in [6, 6.07) is 0. The van der Waals surface area contributed by atoms with Crippen LogP contribution in [-0.2, 0) is 4.79 Å². The summed E-state index contributed by atoms with van der Waals surface area (Å²) in [7, 11) is 4.37. The van der Waals surface area contributed by atoms with Crippen LogP contribution >= 0.6 is 0 Å². The van der Waals surface area contributed by atoms with Crippen molar-refractivity contribution < 1.29 is 19.5 Å². The predicted octanol–water partition coefficient (Wildman–Crippen LogP) is 6.39. The molecule has 0 saturated carbocycles. The zero-order chi connectivity index (χ0) is 24.1. The molecule has 0 saturated heterocycles. The second kappa shape index (κ2) is 19.8. The molecule has 0 aliphatic carbocycles. The Labute approximate surface area is 200 Å². The fourth-order valence-electron chi connectivity index (χ4n) is 4.88. The molecule has 1 atom stereocenters. The van der Waals surface area contributed by atoms with Gasteiger partial charge >= 0.3 is 0 Å². The third-order valence-corrected chi connectivity index (χ3v) is 7.02. The average Bonchev–Trinajstić information content (AvgIpc) is 2.73. The van der Waals surface area contributed by atoms with Gasteiger partial charge in [-0.1, -0.05) is 104 Å². The van der Waals surface area contributed by atoms with E-state index in [0.717, 1.165) is 49.7 Å². The number of quaternary nitrogens is 1. The average molecular weight is 456 g/mol. The highest BCUT2D eigenvalue weighted by atomic mass is 16.4. The fourth-order valence-corrected chi connectivity index (χ4v) is 4.88. The SMILES string of the molecule is CCCCCCCCCCCCCCCCC(O)(CC)C[N+](C)(C)CCCCCC(=O)[O-]. The number of nitrogens with zero attached hydrogens (tertiary/aromatic N) is 1. The normalized spacial score (nSPS) is 13.9. The van der Waals surface area contributed by atoms with Gasteiger partial charge in [0.1, 0.15) is 12.1 Å². The number of carboxylic acid groups (broad SMARTS) is 1. The van der Waals surface area contributed by atoms with Gasteiger partial charge in [-0.15, -0.1) is 0 Å². The summed E-state index contributed by atoms with van der Waals surface area (Å²) >= 11 is 0. The molecule has 0 spiro atoms. The van der Waals surface area contributed by atoms with Crippen molar-refractivity contribution in [3.8, 4) is 0 Å². The van der Waals surface area contributed by atoms with Crippen LogP contribution in [0.5, 0.6) is 0 Å². The lowest BCUT2D eigenvalue weighted by atomic mass is 9.91. The highest BCUT2D eigenvalue weighted by Crippen LogP contribution is 2.24. The molecule has 0 heterocycles. The number of hydrogen-bond acceptors (Lipinski definition) is 3. The highest BCUT2D eigenvalue weighted by molar-refractivity contribution is 5.64. The molecular formula is C28H57NO3. The summed E-state index contributed by atoms with van der Waals surface area (Å²) in [5, 5.41) is 21.6. The van der Waals surface area contributed by atoms with Crippen LogP contribution < -0.4 is 5.11 Å². The Morgan fingerprint density at radius 2 is 1.16 bits per heavy atom. The lowest BCUT2D eigenvalue weighted by Crippen LogP contribution is -2.52. The zero-order valence-corrected chi connectivity index (χ0v) is 22.3. The summed E-state index contributed by atoms with van der Waals surface area (Å²) in [5.74, 6) is -0.952. The lowest BCUT2D eigenvalue weighted by molar-refractivity contribution is -0.897. The van der Waals surface area contributed by atoms with Crippen molar-refractivity contribution in [1.82, 2.24) is 0 Å². The lowest BCUT2D eigenvalue weighted by Gasteiger charge is -2.38. The zero-order valence-electron chi connectivity index (χ0n) is 22.3. The van der Waals surface area contributed by atoms with E-state index < -0.39 is 11.6 Å². The summed E-state index contributed by atoms with van der Waals surface area (Å²) in [6.45, 7) is 6.14. The first kappa shape index (κ1) is 31.4. The number of carbonyl (C=O) groups is 1. The van der Waals surface area contributed by atoms with Crippen LogP contribution in [0.4, 0.5) is 0 Å². The Morgan fingerprint density at radius 3 is 1.59 bits per heavy atom. The van der Waals surface area contributed by atoms with Crippen LogP contribution in [0.1, 0.15) is 142 Å². The van der Waals surface area contributed by atoms with Gasteiger partial charge in [-0.3, -0.25) is 0 Å². The van der Waals surface area contributed by atoms with E-state index in [-0.39, 0.29) is 6.42 Å². The van der Waals surface area contributed by atoms with E-state index in [1.165, 1.54) is 83.5 Å². The predicted molar refractivity (Wildman–Crippen MR) is 135 cm³/mol. The third kappa shape index (κ3) is 20.0. The third-order valence-electron chi connectivity index (χ3n) is 7.02. The molecule has 0 rings (SSSR count). The van der Waals surface area contributed by atoms with Gasteiger partial charge < -0.3 is 19.5 Å². The topological polar surface area (TPSA) is 60.4 Å². The minimum absolute atomic E-state index is 0.158. The molecule has 0 aromatic rings. The van der Waals surface area contributed by atoms with Gasteiger partial charge in [-0.25, -0.2) is 0 Å². The van der Waals surface area contributed by atoms with E-state index >= 15 is 0 Å². The Balaban J connectivity index is 3.75. The Kier molecular flexibility index (Phi) is 19.4.